The summed E-state index contributed by atoms with van der Waals surface area (Å²) in [6, 6.07) is 128. The quantitative estimate of drug-likeness (QED) is 0.120. The Kier molecular flexibility index (Phi) is 16.3. The molecule has 2 aliphatic heterocycles. The molecule has 3 nitrogen and oxygen atoms in total. The molecule has 0 spiro atoms. The molecule has 21 rings (SSSR count). The van der Waals surface area contributed by atoms with Crippen LogP contribution in [0.4, 0.5) is 34.1 Å². The van der Waals surface area contributed by atoms with Gasteiger partial charge in [-0.25, -0.2) is 0 Å². The third kappa shape index (κ3) is 12.3. The normalized spacial score (nSPS) is 14.8. The second-order valence-corrected chi connectivity index (χ2v) is 37.6. The van der Waals surface area contributed by atoms with E-state index in [4.69, 9.17) is 1.37 Å². The minimum absolute atomic E-state index is 0.135. The highest BCUT2D eigenvalue weighted by molar-refractivity contribution is 7.00. The van der Waals surface area contributed by atoms with E-state index in [2.05, 4.69) is 437 Å². The zero-order valence-electron chi connectivity index (χ0n) is 75.8. The summed E-state index contributed by atoms with van der Waals surface area (Å²) in [7, 11) is 0. The van der Waals surface area contributed by atoms with Crippen LogP contribution >= 0.6 is 0 Å². The maximum atomic E-state index is 9.91. The van der Waals surface area contributed by atoms with E-state index in [1.54, 1.807) is 0 Å². The molecule has 584 valence electrons. The van der Waals surface area contributed by atoms with Crippen LogP contribution < -0.4 is 26.2 Å². The van der Waals surface area contributed by atoms with Gasteiger partial charge in [-0.2, -0.15) is 0 Å². The Morgan fingerprint density at radius 2 is 0.736 bits per heavy atom. The Bertz CT molecular complexity index is 7270. The lowest BCUT2D eigenvalue weighted by atomic mass is 9.33. The van der Waals surface area contributed by atoms with Gasteiger partial charge in [0.2, 0.25) is 0 Å². The maximum Gasteiger partial charge on any atom is 0.252 e. The van der Waals surface area contributed by atoms with Crippen LogP contribution in [0.5, 0.6) is 0 Å². The van der Waals surface area contributed by atoms with Crippen molar-refractivity contribution in [2.24, 2.45) is 0 Å². The molecule has 18 aromatic rings. The summed E-state index contributed by atoms with van der Waals surface area (Å²) >= 11 is 0. The van der Waals surface area contributed by atoms with Gasteiger partial charge < -0.3 is 14.4 Å². The number of hydrogen-bond acceptors (Lipinski definition) is 2. The minimum Gasteiger partial charge on any atom is -0.310 e. The molecule has 0 saturated carbocycles. The topological polar surface area (TPSA) is 11.4 Å². The fourth-order valence-corrected chi connectivity index (χ4v) is 20.0. The van der Waals surface area contributed by atoms with Crippen molar-refractivity contribution in [3.8, 4) is 83.6 Å². The number of hydrogen-bond donors (Lipinski definition) is 0. The van der Waals surface area contributed by atoms with E-state index in [1.807, 2.05) is 6.07 Å². The highest BCUT2D eigenvalue weighted by atomic mass is 15.2. The van der Waals surface area contributed by atoms with E-state index >= 15 is 0 Å². The van der Waals surface area contributed by atoms with Gasteiger partial charge in [-0.3, -0.25) is 0 Å². The van der Waals surface area contributed by atoms with Crippen molar-refractivity contribution in [1.82, 2.24) is 4.57 Å². The fourth-order valence-electron chi connectivity index (χ4n) is 20.0. The van der Waals surface area contributed by atoms with Crippen LogP contribution in [0.2, 0.25) is 0 Å². The Labute approximate surface area is 720 Å². The molecule has 0 N–H and O–H groups in total. The molecule has 0 amide bonds. The number of nitrogens with zero attached hydrogens (tertiary/aromatic N) is 3. The first-order chi connectivity index (χ1) is 60.6. The molecule has 3 aliphatic rings. The molecule has 1 aliphatic carbocycles. The third-order valence-electron chi connectivity index (χ3n) is 26.1. The second kappa shape index (κ2) is 28.3. The number of anilines is 6. The molecule has 0 radical (unpaired) electrons. The van der Waals surface area contributed by atoms with Crippen LogP contribution in [0.1, 0.15) is 134 Å². The van der Waals surface area contributed by atoms with Crippen LogP contribution in [0.15, 0.2) is 376 Å². The van der Waals surface area contributed by atoms with Crippen molar-refractivity contribution in [3.63, 3.8) is 0 Å². The molecule has 1 unspecified atom stereocenters. The largest absolute Gasteiger partial charge is 0.310 e. The van der Waals surface area contributed by atoms with Crippen molar-refractivity contribution in [1.29, 1.82) is 0 Å². The van der Waals surface area contributed by atoms with Gasteiger partial charge in [-0.1, -0.05) is 380 Å². The SMILES string of the molecule is [2H]c1c([2H])c([2H])c(-c2ccc3c(c2)B2c4ccc(-c5cccc6c5C(c5ccccc5)(c5ccc7ccccc7c5)c5ccccc5-6)cc4N(c4c(-c5ccccc5)cc(C(C)(C)C)cc4-c4ccccc4)c4cc(-n5c6ccc(C(C)(C)C)cc6c6cc(C(C)(C)C)ccc65)cc(c42)N3c2c(-c3ccccc3)cc(C(C)(C)C)cc2-c2ccccc2)c([2H])c1[2H]. The number of rotatable bonds is 11. The molecule has 121 heavy (non-hydrogen) atoms. The smallest absolute Gasteiger partial charge is 0.252 e. The van der Waals surface area contributed by atoms with Crippen molar-refractivity contribution >= 4 is 89.8 Å². The van der Waals surface area contributed by atoms with Gasteiger partial charge in [0.25, 0.3) is 6.71 Å². The summed E-state index contributed by atoms with van der Waals surface area (Å²) < 4.78 is 50.1. The van der Waals surface area contributed by atoms with Crippen molar-refractivity contribution in [2.45, 2.75) is 110 Å². The first-order valence-electron chi connectivity index (χ1n) is 45.2. The summed E-state index contributed by atoms with van der Waals surface area (Å²) in [5.74, 6) is 0. The molecule has 0 saturated heterocycles. The molecular weight excluding hydrogens is 1460 g/mol. The summed E-state index contributed by atoms with van der Waals surface area (Å²) in [6.45, 7) is 27.2. The molecular formula is C117H98BN3. The average molecular weight is 1560 g/mol. The monoisotopic (exact) mass is 1560 g/mol. The summed E-state index contributed by atoms with van der Waals surface area (Å²) in [6.07, 6.45) is 0. The van der Waals surface area contributed by atoms with Crippen molar-refractivity contribution in [3.05, 3.63) is 421 Å². The van der Waals surface area contributed by atoms with E-state index in [1.165, 1.54) is 66.2 Å². The van der Waals surface area contributed by atoms with Crippen LogP contribution in [0.3, 0.4) is 0 Å². The summed E-state index contributed by atoms with van der Waals surface area (Å²) in [5.41, 5.74) is 33.0. The van der Waals surface area contributed by atoms with Gasteiger partial charge in [0, 0.05) is 55.8 Å². The molecule has 1 aromatic heterocycles. The first-order valence-corrected chi connectivity index (χ1v) is 42.7. The molecule has 17 aromatic carbocycles. The third-order valence-corrected chi connectivity index (χ3v) is 26.1. The molecule has 0 fully saturated rings. The summed E-state index contributed by atoms with van der Waals surface area (Å²) in [4.78, 5) is 5.24. The lowest BCUT2D eigenvalue weighted by molar-refractivity contribution is 0.590. The molecule has 1 atom stereocenters. The van der Waals surface area contributed by atoms with E-state index in [0.29, 0.717) is 5.56 Å². The number of benzene rings is 17. The van der Waals surface area contributed by atoms with E-state index < -0.39 is 30.3 Å². The van der Waals surface area contributed by atoms with E-state index in [-0.39, 0.29) is 39.3 Å². The van der Waals surface area contributed by atoms with E-state index in [0.717, 1.165) is 134 Å². The minimum atomic E-state index is -0.818. The van der Waals surface area contributed by atoms with Gasteiger partial charge in [0.15, 0.2) is 0 Å². The van der Waals surface area contributed by atoms with Gasteiger partial charge in [-0.05, 0) is 228 Å². The predicted molar refractivity (Wildman–Crippen MR) is 517 cm³/mol. The fraction of sp³-hybridized carbons (Fsp3) is 0.145. The van der Waals surface area contributed by atoms with Gasteiger partial charge in [0.1, 0.15) is 0 Å². The molecule has 4 heteroatoms. The lowest BCUT2D eigenvalue weighted by Gasteiger charge is -2.46. The first kappa shape index (κ1) is 69.4. The molecule has 3 heterocycles. The second-order valence-electron chi connectivity index (χ2n) is 37.6. The standard InChI is InChI=1S/C117H98BN3/c1-113(2,3)85-58-62-103-98(67-85)99-68-86(114(4,5)6)59-63-104(99)119(103)90-73-107-110-108(74-90)121(112-96(79-43-25-16-26-44-79)71-89(116(10,11)12)72-97(112)80-45-27-17-28-46-80)106-66-83(91-51-35-52-93-92-50-33-34-53-100(92)117(109(91)93,84-48-29-18-30-49-84)87-57-54-76-38-31-32-47-81(76)64-87)55-60-101(106)118(110)102-65-82(75-36-19-13-20-37-75)56-61-105(102)120(107)111-94(77-39-21-14-22-40-77)69-88(115(7,8)9)70-95(111)78-41-23-15-24-42-78/h13-74H,1-12H3/i13D,19D,20D,36D,37D. The lowest BCUT2D eigenvalue weighted by Crippen LogP contribution is -2.61. The van der Waals surface area contributed by atoms with Gasteiger partial charge >= 0.3 is 0 Å². The number of fused-ring (bicyclic) bond motifs is 11. The van der Waals surface area contributed by atoms with Gasteiger partial charge in [-0.15, -0.1) is 0 Å². The Morgan fingerprint density at radius 1 is 0.281 bits per heavy atom. The zero-order chi connectivity index (χ0) is 86.9. The van der Waals surface area contributed by atoms with Crippen LogP contribution in [0.25, 0.3) is 116 Å². The zero-order valence-corrected chi connectivity index (χ0v) is 70.8. The Balaban J connectivity index is 0.983. The van der Waals surface area contributed by atoms with Gasteiger partial charge in [0.05, 0.1) is 40.4 Å². The predicted octanol–water partition coefficient (Wildman–Crippen LogP) is 29.6. The Hall–Kier alpha value is -13.5. The van der Waals surface area contributed by atoms with E-state index in [9.17, 15) is 5.48 Å². The van der Waals surface area contributed by atoms with Crippen LogP contribution in [0, 0.1) is 0 Å². The maximum absolute atomic E-state index is 9.91. The van der Waals surface area contributed by atoms with Crippen molar-refractivity contribution < 1.29 is 6.85 Å². The van der Waals surface area contributed by atoms with Crippen molar-refractivity contribution in [2.75, 3.05) is 9.80 Å². The summed E-state index contributed by atoms with van der Waals surface area (Å²) in [5, 5.41) is 4.67. The number of aromatic nitrogens is 1. The van der Waals surface area contributed by atoms with Crippen LogP contribution in [-0.2, 0) is 27.1 Å². The highest BCUT2D eigenvalue weighted by Gasteiger charge is 2.50. The Morgan fingerprint density at radius 3 is 1.26 bits per heavy atom. The highest BCUT2D eigenvalue weighted by Crippen LogP contribution is 2.61. The molecule has 0 bridgehead atoms. The average Bonchev–Trinajstić information content (AvgIpc) is 1.12. The van der Waals surface area contributed by atoms with Crippen LogP contribution in [-0.4, -0.2) is 11.3 Å².